The average Bonchev–Trinajstić information content (AvgIpc) is 2.38. The van der Waals surface area contributed by atoms with Gasteiger partial charge in [0.25, 0.3) is 0 Å². The fraction of sp³-hybridized carbons (Fsp3) is 0.0714. The summed E-state index contributed by atoms with van der Waals surface area (Å²) in [4.78, 5) is 11.6. The van der Waals surface area contributed by atoms with Crippen LogP contribution in [0.5, 0.6) is 0 Å². The molecule has 0 atom stereocenters. The van der Waals surface area contributed by atoms with Gasteiger partial charge in [0.05, 0.1) is 0 Å². The van der Waals surface area contributed by atoms with Crippen LogP contribution in [0.4, 0.5) is 8.78 Å². The number of benzene rings is 2. The molecule has 0 aliphatic heterocycles. The quantitative estimate of drug-likeness (QED) is 0.596. The molecule has 92 valence electrons. The fourth-order valence-corrected chi connectivity index (χ4v) is 1.81. The van der Waals surface area contributed by atoms with E-state index in [1.165, 1.54) is 12.1 Å². The Morgan fingerprint density at radius 3 is 2.11 bits per heavy atom. The van der Waals surface area contributed by atoms with Crippen molar-refractivity contribution < 1.29 is 13.6 Å². The summed E-state index contributed by atoms with van der Waals surface area (Å²) >= 11 is 4.79. The molecule has 2 aromatic carbocycles. The van der Waals surface area contributed by atoms with Crippen molar-refractivity contribution in [3.63, 3.8) is 0 Å². The third-order valence-corrected chi connectivity index (χ3v) is 2.69. The number of hydrogen-bond acceptors (Lipinski definition) is 1. The van der Waals surface area contributed by atoms with Crippen LogP contribution in [0.1, 0.15) is 10.4 Å². The van der Waals surface area contributed by atoms with Crippen LogP contribution in [-0.2, 0) is 0 Å². The van der Waals surface area contributed by atoms with Crippen molar-refractivity contribution in [2.45, 2.75) is 5.38 Å². The molecule has 0 bridgehead atoms. The van der Waals surface area contributed by atoms with Gasteiger partial charge < -0.3 is 0 Å². The first-order chi connectivity index (χ1) is 8.50. The van der Waals surface area contributed by atoms with E-state index in [0.29, 0.717) is 11.1 Å². The Bertz CT molecular complexity index is 562. The molecule has 0 N–H and O–H groups in total. The lowest BCUT2D eigenvalue weighted by Crippen LogP contribution is -2.22. The van der Waals surface area contributed by atoms with Crippen LogP contribution in [0.25, 0.3) is 11.1 Å². The molecule has 0 aliphatic rings. The lowest BCUT2D eigenvalue weighted by Gasteiger charge is -2.11. The van der Waals surface area contributed by atoms with Gasteiger partial charge in [-0.1, -0.05) is 54.6 Å². The third-order valence-electron chi connectivity index (χ3n) is 2.51. The number of alkyl halides is 3. The summed E-state index contributed by atoms with van der Waals surface area (Å²) in [5, 5.41) is -3.88. The minimum Gasteiger partial charge on any atom is -0.286 e. The van der Waals surface area contributed by atoms with E-state index in [-0.39, 0.29) is 5.56 Å². The van der Waals surface area contributed by atoms with E-state index in [4.69, 9.17) is 11.6 Å². The van der Waals surface area contributed by atoms with Crippen molar-refractivity contribution in [3.8, 4) is 11.1 Å². The minimum atomic E-state index is -3.88. The summed E-state index contributed by atoms with van der Waals surface area (Å²) in [5.41, 5.74) is 1.06. The first-order valence-corrected chi connectivity index (χ1v) is 5.64. The Labute approximate surface area is 108 Å². The minimum absolute atomic E-state index is 0.0799. The third kappa shape index (κ3) is 2.57. The van der Waals surface area contributed by atoms with E-state index in [0.717, 1.165) is 0 Å². The number of carbonyl (C=O) groups is 1. The van der Waals surface area contributed by atoms with Crippen molar-refractivity contribution in [2.75, 3.05) is 0 Å². The zero-order valence-corrected chi connectivity index (χ0v) is 9.99. The zero-order valence-electron chi connectivity index (χ0n) is 9.24. The lowest BCUT2D eigenvalue weighted by molar-refractivity contribution is 0.0537. The standard InChI is InChI=1S/C14H9ClF2O/c15-14(16,17)13(18)12-9-5-4-8-11(12)10-6-2-1-3-7-10/h1-9H. The van der Waals surface area contributed by atoms with E-state index in [1.807, 2.05) is 6.07 Å². The van der Waals surface area contributed by atoms with Gasteiger partial charge in [0.15, 0.2) is 0 Å². The molecular formula is C14H9ClF2O. The molecule has 18 heavy (non-hydrogen) atoms. The van der Waals surface area contributed by atoms with Gasteiger partial charge in [0.2, 0.25) is 5.78 Å². The van der Waals surface area contributed by atoms with Gasteiger partial charge in [-0.3, -0.25) is 4.79 Å². The molecule has 0 aromatic heterocycles. The summed E-state index contributed by atoms with van der Waals surface area (Å²) < 4.78 is 25.8. The molecule has 0 amide bonds. The molecule has 1 nitrogen and oxygen atoms in total. The van der Waals surface area contributed by atoms with Gasteiger partial charge in [-0.25, -0.2) is 0 Å². The molecule has 2 rings (SSSR count). The highest BCUT2D eigenvalue weighted by atomic mass is 35.5. The maximum Gasteiger partial charge on any atom is 0.384 e. The first-order valence-electron chi connectivity index (χ1n) is 5.26. The number of carbonyl (C=O) groups excluding carboxylic acids is 1. The normalized spacial score (nSPS) is 11.3. The highest BCUT2D eigenvalue weighted by Crippen LogP contribution is 2.30. The first kappa shape index (κ1) is 12.7. The Morgan fingerprint density at radius 2 is 1.50 bits per heavy atom. The van der Waals surface area contributed by atoms with Crippen LogP contribution in [0.3, 0.4) is 0 Å². The zero-order chi connectivity index (χ0) is 13.2. The molecule has 0 radical (unpaired) electrons. The number of ketones is 1. The van der Waals surface area contributed by atoms with Crippen LogP contribution < -0.4 is 0 Å². The van der Waals surface area contributed by atoms with E-state index in [2.05, 4.69) is 0 Å². The highest BCUT2D eigenvalue weighted by molar-refractivity contribution is 6.36. The van der Waals surface area contributed by atoms with E-state index in [9.17, 15) is 13.6 Å². The molecular weight excluding hydrogens is 258 g/mol. The summed E-state index contributed by atoms with van der Waals surface area (Å²) in [6.45, 7) is 0. The fourth-order valence-electron chi connectivity index (χ4n) is 1.70. The van der Waals surface area contributed by atoms with Crippen LogP contribution in [0, 0.1) is 0 Å². The Hall–Kier alpha value is -1.74. The number of hydrogen-bond donors (Lipinski definition) is 0. The SMILES string of the molecule is O=C(c1ccccc1-c1ccccc1)C(F)(F)Cl. The van der Waals surface area contributed by atoms with Gasteiger partial charge in [-0.2, -0.15) is 8.78 Å². The van der Waals surface area contributed by atoms with Crippen molar-refractivity contribution >= 4 is 17.4 Å². The van der Waals surface area contributed by atoms with E-state index in [1.54, 1.807) is 36.4 Å². The highest BCUT2D eigenvalue weighted by Gasteiger charge is 2.37. The van der Waals surface area contributed by atoms with Crippen molar-refractivity contribution in [2.24, 2.45) is 0 Å². The molecule has 0 aliphatic carbocycles. The maximum absolute atomic E-state index is 12.9. The summed E-state index contributed by atoms with van der Waals surface area (Å²) in [6.07, 6.45) is 0. The molecule has 0 heterocycles. The maximum atomic E-state index is 12.9. The summed E-state index contributed by atoms with van der Waals surface area (Å²) in [6, 6.07) is 15.0. The van der Waals surface area contributed by atoms with Crippen molar-refractivity contribution in [3.05, 3.63) is 60.2 Å². The molecule has 0 spiro atoms. The second-order valence-corrected chi connectivity index (χ2v) is 4.21. The molecule has 0 saturated heterocycles. The average molecular weight is 267 g/mol. The second kappa shape index (κ2) is 4.86. The van der Waals surface area contributed by atoms with E-state index >= 15 is 0 Å². The van der Waals surface area contributed by atoms with Crippen LogP contribution >= 0.6 is 11.6 Å². The van der Waals surface area contributed by atoms with E-state index < -0.39 is 11.2 Å². The molecule has 0 fully saturated rings. The van der Waals surface area contributed by atoms with Crippen molar-refractivity contribution in [1.29, 1.82) is 0 Å². The van der Waals surface area contributed by atoms with Gasteiger partial charge >= 0.3 is 5.38 Å². The van der Waals surface area contributed by atoms with Gasteiger partial charge in [0, 0.05) is 5.56 Å². The number of halogens is 3. The van der Waals surface area contributed by atoms with Gasteiger partial charge in [-0.05, 0) is 22.7 Å². The molecule has 2 aromatic rings. The molecule has 0 saturated carbocycles. The monoisotopic (exact) mass is 266 g/mol. The Balaban J connectivity index is 2.54. The predicted octanol–water partition coefficient (Wildman–Crippen LogP) is 4.37. The van der Waals surface area contributed by atoms with Crippen molar-refractivity contribution in [1.82, 2.24) is 0 Å². The Morgan fingerprint density at radius 1 is 0.944 bits per heavy atom. The van der Waals surface area contributed by atoms with Crippen LogP contribution in [0.2, 0.25) is 0 Å². The Kier molecular flexibility index (Phi) is 3.43. The summed E-state index contributed by atoms with van der Waals surface area (Å²) in [5.74, 6) is -1.39. The molecule has 0 unspecified atom stereocenters. The lowest BCUT2D eigenvalue weighted by atomic mass is 9.97. The largest absolute Gasteiger partial charge is 0.384 e. The van der Waals surface area contributed by atoms with Crippen LogP contribution in [0.15, 0.2) is 54.6 Å². The van der Waals surface area contributed by atoms with Gasteiger partial charge in [0.1, 0.15) is 0 Å². The topological polar surface area (TPSA) is 17.1 Å². The predicted molar refractivity (Wildman–Crippen MR) is 67.0 cm³/mol. The summed E-state index contributed by atoms with van der Waals surface area (Å²) in [7, 11) is 0. The molecule has 4 heteroatoms. The number of rotatable bonds is 3. The number of Topliss-reactive ketones (excluding diaryl/α,β-unsaturated/α-hetero) is 1. The second-order valence-electron chi connectivity index (χ2n) is 3.74. The van der Waals surface area contributed by atoms with Crippen LogP contribution in [-0.4, -0.2) is 11.2 Å². The van der Waals surface area contributed by atoms with Gasteiger partial charge in [-0.15, -0.1) is 0 Å². The smallest absolute Gasteiger partial charge is 0.286 e.